The molecule has 0 spiro atoms. The van der Waals surface area contributed by atoms with Crippen LogP contribution in [-0.2, 0) is 6.54 Å². The smallest absolute Gasteiger partial charge is 0.123 e. The van der Waals surface area contributed by atoms with E-state index < -0.39 is 0 Å². The van der Waals surface area contributed by atoms with Gasteiger partial charge in [-0.15, -0.1) is 0 Å². The molecule has 3 saturated carbocycles. The Morgan fingerprint density at radius 3 is 2.50 bits per heavy atom. The summed E-state index contributed by atoms with van der Waals surface area (Å²) in [5.74, 6) is 2.86. The molecule has 4 rings (SSSR count). The highest BCUT2D eigenvalue weighted by molar-refractivity contribution is 5.36. The number of benzene rings is 1. The van der Waals surface area contributed by atoms with E-state index in [1.165, 1.54) is 30.4 Å². The molecule has 110 valence electrons. The van der Waals surface area contributed by atoms with Gasteiger partial charge in [0.25, 0.3) is 0 Å². The lowest BCUT2D eigenvalue weighted by atomic mass is 9.48. The average molecular weight is 273 g/mol. The SMILES string of the molecule is COc1ccc(C)cc1CNC1C[C@@H]2C[C@H](C1)C2(C)C. The van der Waals surface area contributed by atoms with Crippen LogP contribution in [0.4, 0.5) is 0 Å². The number of aryl methyl sites for hydroxylation is 1. The molecule has 3 atom stereocenters. The maximum Gasteiger partial charge on any atom is 0.123 e. The molecule has 0 aliphatic heterocycles. The lowest BCUT2D eigenvalue weighted by Gasteiger charge is -2.59. The Kier molecular flexibility index (Phi) is 3.53. The fraction of sp³-hybridized carbons (Fsp3) is 0.667. The van der Waals surface area contributed by atoms with Crippen molar-refractivity contribution < 1.29 is 4.74 Å². The fourth-order valence-electron chi connectivity index (χ4n) is 4.17. The van der Waals surface area contributed by atoms with Crippen molar-refractivity contribution in [1.82, 2.24) is 5.32 Å². The zero-order valence-electron chi connectivity index (χ0n) is 13.2. The molecule has 0 saturated heterocycles. The zero-order chi connectivity index (χ0) is 14.3. The zero-order valence-corrected chi connectivity index (χ0v) is 13.2. The number of hydrogen-bond acceptors (Lipinski definition) is 2. The van der Waals surface area contributed by atoms with Gasteiger partial charge in [0, 0.05) is 18.2 Å². The monoisotopic (exact) mass is 273 g/mol. The van der Waals surface area contributed by atoms with Crippen molar-refractivity contribution in [3.8, 4) is 5.75 Å². The second kappa shape index (κ2) is 5.07. The third-order valence-electron chi connectivity index (χ3n) is 5.83. The van der Waals surface area contributed by atoms with Gasteiger partial charge in [-0.3, -0.25) is 0 Å². The van der Waals surface area contributed by atoms with Crippen molar-refractivity contribution in [2.75, 3.05) is 7.11 Å². The maximum atomic E-state index is 5.46. The number of rotatable bonds is 4. The van der Waals surface area contributed by atoms with Crippen LogP contribution in [0.1, 0.15) is 44.2 Å². The van der Waals surface area contributed by atoms with Gasteiger partial charge in [0.15, 0.2) is 0 Å². The highest BCUT2D eigenvalue weighted by Gasteiger charge is 2.52. The third-order valence-corrected chi connectivity index (χ3v) is 5.83. The van der Waals surface area contributed by atoms with Gasteiger partial charge in [-0.1, -0.05) is 31.5 Å². The molecule has 1 aromatic carbocycles. The predicted molar refractivity (Wildman–Crippen MR) is 83.0 cm³/mol. The Morgan fingerprint density at radius 2 is 1.90 bits per heavy atom. The van der Waals surface area contributed by atoms with Crippen LogP contribution in [0.5, 0.6) is 5.75 Å². The molecule has 3 fully saturated rings. The number of fused-ring (bicyclic) bond motifs is 2. The average Bonchev–Trinajstić information content (AvgIpc) is 2.45. The summed E-state index contributed by atoms with van der Waals surface area (Å²) in [5.41, 5.74) is 3.18. The Balaban J connectivity index is 1.60. The largest absolute Gasteiger partial charge is 0.496 e. The van der Waals surface area contributed by atoms with Gasteiger partial charge < -0.3 is 10.1 Å². The predicted octanol–water partition coefficient (Wildman–Crippen LogP) is 3.92. The van der Waals surface area contributed by atoms with Crippen LogP contribution in [0.2, 0.25) is 0 Å². The van der Waals surface area contributed by atoms with E-state index in [0.717, 1.165) is 24.1 Å². The van der Waals surface area contributed by atoms with E-state index in [1.54, 1.807) is 7.11 Å². The van der Waals surface area contributed by atoms with Gasteiger partial charge >= 0.3 is 0 Å². The standard InChI is InChI=1S/C18H27NO/c1-12-5-6-17(20-4)13(7-12)11-19-16-9-14-8-15(10-16)18(14,2)3/h5-7,14-16,19H,8-11H2,1-4H3/t14-,15+,16?. The molecule has 0 aromatic heterocycles. The van der Waals surface area contributed by atoms with Crippen molar-refractivity contribution >= 4 is 0 Å². The molecule has 1 aromatic rings. The van der Waals surface area contributed by atoms with E-state index in [0.29, 0.717) is 11.5 Å². The number of nitrogens with one attached hydrogen (secondary N) is 1. The number of ether oxygens (including phenoxy) is 1. The van der Waals surface area contributed by atoms with E-state index in [9.17, 15) is 0 Å². The summed E-state index contributed by atoms with van der Waals surface area (Å²) < 4.78 is 5.46. The van der Waals surface area contributed by atoms with E-state index in [2.05, 4.69) is 44.3 Å². The highest BCUT2D eigenvalue weighted by Crippen LogP contribution is 2.59. The van der Waals surface area contributed by atoms with E-state index in [-0.39, 0.29) is 0 Å². The lowest BCUT2D eigenvalue weighted by molar-refractivity contribution is -0.0787. The van der Waals surface area contributed by atoms with E-state index >= 15 is 0 Å². The van der Waals surface area contributed by atoms with Crippen molar-refractivity contribution in [2.24, 2.45) is 17.3 Å². The minimum Gasteiger partial charge on any atom is -0.496 e. The number of hydrogen-bond donors (Lipinski definition) is 1. The normalized spacial score (nSPS) is 30.7. The van der Waals surface area contributed by atoms with Crippen LogP contribution >= 0.6 is 0 Å². The van der Waals surface area contributed by atoms with Crippen LogP contribution in [0.15, 0.2) is 18.2 Å². The Morgan fingerprint density at radius 1 is 1.20 bits per heavy atom. The molecule has 2 bridgehead atoms. The van der Waals surface area contributed by atoms with Gasteiger partial charge in [-0.05, 0) is 49.5 Å². The molecule has 1 N–H and O–H groups in total. The van der Waals surface area contributed by atoms with Gasteiger partial charge in [-0.25, -0.2) is 0 Å². The van der Waals surface area contributed by atoms with Crippen LogP contribution in [-0.4, -0.2) is 13.2 Å². The van der Waals surface area contributed by atoms with Crippen molar-refractivity contribution in [2.45, 2.75) is 52.6 Å². The van der Waals surface area contributed by atoms with Crippen LogP contribution in [0, 0.1) is 24.2 Å². The van der Waals surface area contributed by atoms with Crippen molar-refractivity contribution in [3.05, 3.63) is 29.3 Å². The highest BCUT2D eigenvalue weighted by atomic mass is 16.5. The second-order valence-corrected chi connectivity index (χ2v) is 7.32. The van der Waals surface area contributed by atoms with Crippen LogP contribution in [0.25, 0.3) is 0 Å². The fourth-order valence-corrected chi connectivity index (χ4v) is 4.17. The quantitative estimate of drug-likeness (QED) is 0.898. The summed E-state index contributed by atoms with van der Waals surface area (Å²) in [6, 6.07) is 7.12. The van der Waals surface area contributed by atoms with Gasteiger partial charge in [-0.2, -0.15) is 0 Å². The van der Waals surface area contributed by atoms with Crippen LogP contribution < -0.4 is 10.1 Å². The van der Waals surface area contributed by atoms with Crippen molar-refractivity contribution in [3.63, 3.8) is 0 Å². The summed E-state index contributed by atoms with van der Waals surface area (Å²) >= 11 is 0. The Bertz CT molecular complexity index is 480. The van der Waals surface area contributed by atoms with Gasteiger partial charge in [0.2, 0.25) is 0 Å². The Hall–Kier alpha value is -1.02. The molecule has 3 aliphatic carbocycles. The van der Waals surface area contributed by atoms with Gasteiger partial charge in [0.05, 0.1) is 7.11 Å². The lowest BCUT2D eigenvalue weighted by Crippen LogP contribution is -2.55. The van der Waals surface area contributed by atoms with Crippen molar-refractivity contribution in [1.29, 1.82) is 0 Å². The molecule has 3 aliphatic rings. The first kappa shape index (κ1) is 13.9. The minimum atomic E-state index is 0.596. The molecular formula is C18H27NO. The van der Waals surface area contributed by atoms with Gasteiger partial charge in [0.1, 0.15) is 5.75 Å². The first-order chi connectivity index (χ1) is 9.50. The third kappa shape index (κ3) is 2.35. The molecule has 2 heteroatoms. The second-order valence-electron chi connectivity index (χ2n) is 7.32. The number of methoxy groups -OCH3 is 1. The molecule has 1 unspecified atom stereocenters. The molecule has 0 radical (unpaired) electrons. The molecule has 0 amide bonds. The summed E-state index contributed by atoms with van der Waals surface area (Å²) in [7, 11) is 1.76. The van der Waals surface area contributed by atoms with Crippen LogP contribution in [0.3, 0.4) is 0 Å². The summed E-state index contributed by atoms with van der Waals surface area (Å²) in [4.78, 5) is 0. The topological polar surface area (TPSA) is 21.3 Å². The summed E-state index contributed by atoms with van der Waals surface area (Å²) in [5, 5.41) is 3.76. The molecule has 2 nitrogen and oxygen atoms in total. The molecule has 20 heavy (non-hydrogen) atoms. The maximum absolute atomic E-state index is 5.46. The molecular weight excluding hydrogens is 246 g/mol. The minimum absolute atomic E-state index is 0.596. The molecule has 0 heterocycles. The first-order valence-electron chi connectivity index (χ1n) is 7.87. The Labute approximate surface area is 122 Å². The summed E-state index contributed by atoms with van der Waals surface area (Å²) in [6.07, 6.45) is 4.15. The van der Waals surface area contributed by atoms with E-state index in [1.807, 2.05) is 0 Å². The summed E-state index contributed by atoms with van der Waals surface area (Å²) in [6.45, 7) is 7.97. The van der Waals surface area contributed by atoms with E-state index in [4.69, 9.17) is 4.74 Å². The first-order valence-corrected chi connectivity index (χ1v) is 7.87.